The number of ketones is 1. The number of Topliss-reactive ketones (excluding diaryl/α,β-unsaturated/α-hetero) is 1. The summed E-state index contributed by atoms with van der Waals surface area (Å²) in [5.74, 6) is -1.97. The van der Waals surface area contributed by atoms with Gasteiger partial charge in [0.15, 0.2) is 5.78 Å². The minimum atomic E-state index is -1.56. The zero-order valence-corrected chi connectivity index (χ0v) is 20.2. The Hall–Kier alpha value is -2.06. The molecular weight excluding hydrogens is 436 g/mol. The van der Waals surface area contributed by atoms with E-state index in [-0.39, 0.29) is 18.4 Å². The largest absolute Gasteiger partial charge is 0.455 e. The van der Waals surface area contributed by atoms with Gasteiger partial charge in [0.1, 0.15) is 17.8 Å². The van der Waals surface area contributed by atoms with Crippen LogP contribution in [0.2, 0.25) is 0 Å². The van der Waals surface area contributed by atoms with E-state index in [4.69, 9.17) is 9.47 Å². The Morgan fingerprint density at radius 2 is 1.82 bits per heavy atom. The molecule has 1 aromatic rings. The average Bonchev–Trinajstić information content (AvgIpc) is 2.79. The molecule has 4 aliphatic rings. The number of benzene rings is 1. The minimum Gasteiger partial charge on any atom is -0.455 e. The maximum atomic E-state index is 14.0. The van der Waals surface area contributed by atoms with Crippen molar-refractivity contribution in [2.45, 2.75) is 77.0 Å². The molecule has 0 aromatic heterocycles. The van der Waals surface area contributed by atoms with Crippen molar-refractivity contribution >= 4 is 11.8 Å². The molecule has 1 unspecified atom stereocenters. The fourth-order valence-electron chi connectivity index (χ4n) is 7.24. The minimum absolute atomic E-state index is 0.188. The number of rotatable bonds is 2. The summed E-state index contributed by atoms with van der Waals surface area (Å²) in [5, 5.41) is 35.1. The van der Waals surface area contributed by atoms with Crippen LogP contribution in [0, 0.1) is 22.7 Å². The van der Waals surface area contributed by atoms with E-state index in [0.717, 1.165) is 5.57 Å². The number of carbonyl (C=O) groups excluding carboxylic acids is 2. The summed E-state index contributed by atoms with van der Waals surface area (Å²) in [4.78, 5) is 27.3. The van der Waals surface area contributed by atoms with Crippen molar-refractivity contribution in [3.8, 4) is 0 Å². The van der Waals surface area contributed by atoms with E-state index in [0.29, 0.717) is 30.6 Å². The summed E-state index contributed by atoms with van der Waals surface area (Å²) in [7, 11) is 0. The second-order valence-corrected chi connectivity index (χ2v) is 11.3. The third-order valence-corrected chi connectivity index (χ3v) is 9.47. The van der Waals surface area contributed by atoms with Gasteiger partial charge in [-0.1, -0.05) is 37.6 Å². The third kappa shape index (κ3) is 2.97. The lowest BCUT2D eigenvalue weighted by molar-refractivity contribution is -0.274. The summed E-state index contributed by atoms with van der Waals surface area (Å²) in [6.07, 6.45) is -2.89. The van der Waals surface area contributed by atoms with Crippen molar-refractivity contribution < 1.29 is 34.4 Å². The first-order valence-corrected chi connectivity index (χ1v) is 12.1. The Morgan fingerprint density at radius 1 is 1.15 bits per heavy atom. The number of aliphatic hydroxyl groups is 3. The van der Waals surface area contributed by atoms with Gasteiger partial charge in [-0.2, -0.15) is 0 Å². The standard InChI is InChI=1S/C27H34O7/c1-14-10-11-27(32)23(34-24(31)15-8-6-5-7-9-15)20-16-13-33-17(16)12-18(28)26(20,4)22(30)21(29)19(14)25(27,2)3/h5-9,16-18,20-21,23,28-29,32H,10-13H2,1-4H3/t16-,17-,18+,20?,21-,23+,26-,27-/m1/s1. The van der Waals surface area contributed by atoms with Gasteiger partial charge in [0, 0.05) is 23.7 Å². The first kappa shape index (κ1) is 23.7. The summed E-state index contributed by atoms with van der Waals surface area (Å²) in [6, 6.07) is 8.58. The summed E-state index contributed by atoms with van der Waals surface area (Å²) in [5.41, 5.74) is -2.36. The summed E-state index contributed by atoms with van der Waals surface area (Å²) in [6.45, 7) is 7.48. The fraction of sp³-hybridized carbons (Fsp3) is 0.630. The molecule has 0 spiro atoms. The molecule has 184 valence electrons. The predicted molar refractivity (Wildman–Crippen MR) is 123 cm³/mol. The van der Waals surface area contributed by atoms with E-state index in [9.17, 15) is 24.9 Å². The molecule has 0 radical (unpaired) electrons. The Bertz CT molecular complexity index is 1050. The quantitative estimate of drug-likeness (QED) is 0.449. The molecule has 2 saturated carbocycles. The van der Waals surface area contributed by atoms with Gasteiger partial charge in [-0.15, -0.1) is 0 Å². The first-order chi connectivity index (χ1) is 15.9. The highest BCUT2D eigenvalue weighted by Crippen LogP contribution is 2.61. The lowest BCUT2D eigenvalue weighted by atomic mass is 9.46. The van der Waals surface area contributed by atoms with Crippen LogP contribution in [0.3, 0.4) is 0 Å². The zero-order valence-electron chi connectivity index (χ0n) is 20.2. The van der Waals surface area contributed by atoms with Crippen LogP contribution < -0.4 is 0 Å². The molecule has 0 amide bonds. The SMILES string of the molecule is CC1=C2[C@@H](O)C(=O)[C@@]3(C)C([C@@H]4CO[C@@H]4C[C@@H]3O)[C@H](OC(=O)c3ccccc3)[C@](O)(CC1)C2(C)C. The van der Waals surface area contributed by atoms with E-state index in [1.807, 2.05) is 20.8 Å². The highest BCUT2D eigenvalue weighted by molar-refractivity contribution is 5.93. The molecule has 1 aliphatic heterocycles. The van der Waals surface area contributed by atoms with E-state index in [1.54, 1.807) is 37.3 Å². The third-order valence-electron chi connectivity index (χ3n) is 9.47. The van der Waals surface area contributed by atoms with Gasteiger partial charge in [0.25, 0.3) is 0 Å². The molecule has 3 fully saturated rings. The van der Waals surface area contributed by atoms with E-state index >= 15 is 0 Å². The number of allylic oxidation sites excluding steroid dienone is 1. The van der Waals surface area contributed by atoms with E-state index < -0.39 is 52.4 Å². The van der Waals surface area contributed by atoms with Gasteiger partial charge in [0.2, 0.25) is 0 Å². The molecule has 7 nitrogen and oxygen atoms in total. The summed E-state index contributed by atoms with van der Waals surface area (Å²) < 4.78 is 11.9. The normalized spacial score (nSPS) is 43.1. The molecule has 3 N–H and O–H groups in total. The van der Waals surface area contributed by atoms with Gasteiger partial charge in [0.05, 0.1) is 29.8 Å². The van der Waals surface area contributed by atoms with Gasteiger partial charge >= 0.3 is 5.97 Å². The van der Waals surface area contributed by atoms with E-state index in [1.165, 1.54) is 0 Å². The van der Waals surface area contributed by atoms with Crippen molar-refractivity contribution in [3.63, 3.8) is 0 Å². The molecule has 7 heteroatoms. The molecule has 8 atom stereocenters. The molecule has 2 bridgehead atoms. The van der Waals surface area contributed by atoms with Gasteiger partial charge < -0.3 is 24.8 Å². The second kappa shape index (κ2) is 7.72. The molecule has 3 aliphatic carbocycles. The van der Waals surface area contributed by atoms with E-state index in [2.05, 4.69) is 0 Å². The van der Waals surface area contributed by atoms with Crippen molar-refractivity contribution in [3.05, 3.63) is 47.0 Å². The summed E-state index contributed by atoms with van der Waals surface area (Å²) >= 11 is 0. The monoisotopic (exact) mass is 470 g/mol. The number of aliphatic hydroxyl groups excluding tert-OH is 2. The van der Waals surface area contributed by atoms with Crippen LogP contribution in [0.1, 0.15) is 57.3 Å². The van der Waals surface area contributed by atoms with Crippen LogP contribution in [0.25, 0.3) is 0 Å². The molecular formula is C27H34O7. The van der Waals surface area contributed by atoms with Crippen molar-refractivity contribution in [1.82, 2.24) is 0 Å². The van der Waals surface area contributed by atoms with Crippen LogP contribution in [-0.4, -0.2) is 63.7 Å². The van der Waals surface area contributed by atoms with Gasteiger partial charge in [-0.25, -0.2) is 4.79 Å². The molecule has 5 rings (SSSR count). The van der Waals surface area contributed by atoms with Crippen LogP contribution in [0.15, 0.2) is 41.5 Å². The number of carbonyl (C=O) groups is 2. The highest BCUT2D eigenvalue weighted by Gasteiger charge is 2.71. The topological polar surface area (TPSA) is 113 Å². The predicted octanol–water partition coefficient (Wildman–Crippen LogP) is 2.43. The lowest BCUT2D eigenvalue weighted by Gasteiger charge is -2.64. The number of hydrogen-bond acceptors (Lipinski definition) is 7. The average molecular weight is 471 g/mol. The van der Waals surface area contributed by atoms with Crippen LogP contribution in [0.5, 0.6) is 0 Å². The van der Waals surface area contributed by atoms with Crippen LogP contribution in [-0.2, 0) is 14.3 Å². The highest BCUT2D eigenvalue weighted by atomic mass is 16.6. The zero-order chi connectivity index (χ0) is 24.6. The number of hydrogen-bond donors (Lipinski definition) is 3. The molecule has 1 heterocycles. The first-order valence-electron chi connectivity index (χ1n) is 12.1. The molecule has 34 heavy (non-hydrogen) atoms. The van der Waals surface area contributed by atoms with Gasteiger partial charge in [-0.3, -0.25) is 4.79 Å². The number of esters is 1. The Labute approximate surface area is 199 Å². The van der Waals surface area contributed by atoms with Gasteiger partial charge in [-0.05, 0) is 44.4 Å². The number of fused-ring (bicyclic) bond motifs is 5. The lowest BCUT2D eigenvalue weighted by Crippen LogP contribution is -2.74. The second-order valence-electron chi connectivity index (χ2n) is 11.3. The maximum Gasteiger partial charge on any atom is 0.338 e. The fourth-order valence-corrected chi connectivity index (χ4v) is 7.24. The smallest absolute Gasteiger partial charge is 0.338 e. The molecule has 1 aromatic carbocycles. The van der Waals surface area contributed by atoms with Crippen molar-refractivity contribution in [2.24, 2.45) is 22.7 Å². The Kier molecular flexibility index (Phi) is 5.37. The van der Waals surface area contributed by atoms with Crippen molar-refractivity contribution in [2.75, 3.05) is 6.61 Å². The molecule has 1 saturated heterocycles. The van der Waals surface area contributed by atoms with Crippen LogP contribution >= 0.6 is 0 Å². The van der Waals surface area contributed by atoms with Crippen LogP contribution in [0.4, 0.5) is 0 Å². The number of ether oxygens (including phenoxy) is 2. The maximum absolute atomic E-state index is 14.0. The Balaban J connectivity index is 1.72. The van der Waals surface area contributed by atoms with Crippen molar-refractivity contribution in [1.29, 1.82) is 0 Å². The Morgan fingerprint density at radius 3 is 2.44 bits per heavy atom.